The summed E-state index contributed by atoms with van der Waals surface area (Å²) in [7, 11) is 0. The van der Waals surface area contributed by atoms with Crippen LogP contribution in [0.1, 0.15) is 17.5 Å². The van der Waals surface area contributed by atoms with Gasteiger partial charge >= 0.3 is 0 Å². The van der Waals surface area contributed by atoms with Crippen molar-refractivity contribution in [3.05, 3.63) is 23.8 Å². The lowest BCUT2D eigenvalue weighted by molar-refractivity contribution is -0.132. The van der Waals surface area contributed by atoms with E-state index in [1.165, 1.54) is 12.4 Å². The summed E-state index contributed by atoms with van der Waals surface area (Å²) in [5.74, 6) is -0.999. The predicted molar refractivity (Wildman–Crippen MR) is 46.9 cm³/mol. The van der Waals surface area contributed by atoms with Crippen LogP contribution in [-0.4, -0.2) is 32.2 Å². The van der Waals surface area contributed by atoms with Crippen molar-refractivity contribution in [2.75, 3.05) is 0 Å². The Hall–Kier alpha value is -1.53. The molecule has 0 saturated heterocycles. The smallest absolute Gasteiger partial charge is 0.249 e. The van der Waals surface area contributed by atoms with Crippen molar-refractivity contribution in [1.29, 1.82) is 0 Å². The van der Waals surface area contributed by atoms with Crippen LogP contribution in [0.4, 0.5) is 0 Å². The molecule has 1 aromatic rings. The highest BCUT2D eigenvalue weighted by atomic mass is 16.3. The second-order valence-corrected chi connectivity index (χ2v) is 2.88. The van der Waals surface area contributed by atoms with Crippen molar-refractivity contribution in [1.82, 2.24) is 9.97 Å². The van der Waals surface area contributed by atoms with E-state index in [1.807, 2.05) is 0 Å². The minimum atomic E-state index is -1.66. The zero-order valence-corrected chi connectivity index (χ0v) is 7.58. The third-order valence-electron chi connectivity index (χ3n) is 1.67. The van der Waals surface area contributed by atoms with Gasteiger partial charge in [-0.2, -0.15) is 0 Å². The van der Waals surface area contributed by atoms with Crippen LogP contribution in [0.25, 0.3) is 0 Å². The van der Waals surface area contributed by atoms with E-state index in [0.29, 0.717) is 5.69 Å². The molecule has 1 rings (SSSR count). The monoisotopic (exact) mass is 197 g/mol. The number of primary amides is 1. The van der Waals surface area contributed by atoms with E-state index in [-0.39, 0.29) is 5.69 Å². The minimum Gasteiger partial charge on any atom is -0.383 e. The molecule has 1 heterocycles. The van der Waals surface area contributed by atoms with E-state index in [9.17, 15) is 9.90 Å². The molecule has 0 aromatic carbocycles. The van der Waals surface area contributed by atoms with Crippen LogP contribution in [-0.2, 0) is 4.79 Å². The van der Waals surface area contributed by atoms with Crippen LogP contribution in [0.3, 0.4) is 0 Å². The van der Waals surface area contributed by atoms with Gasteiger partial charge < -0.3 is 15.9 Å². The number of nitrogens with two attached hydrogens (primary N) is 1. The molecule has 1 aromatic heterocycles. The van der Waals surface area contributed by atoms with Crippen LogP contribution in [0.15, 0.2) is 12.4 Å². The van der Waals surface area contributed by atoms with Gasteiger partial charge in [-0.15, -0.1) is 0 Å². The van der Waals surface area contributed by atoms with Gasteiger partial charge in [-0.05, 0) is 6.92 Å². The lowest BCUT2D eigenvalue weighted by Gasteiger charge is -2.13. The molecular weight excluding hydrogens is 186 g/mol. The molecule has 0 spiro atoms. The van der Waals surface area contributed by atoms with Crippen molar-refractivity contribution in [3.63, 3.8) is 0 Å². The number of aliphatic hydroxyl groups is 2. The number of aromatic nitrogens is 2. The van der Waals surface area contributed by atoms with Gasteiger partial charge in [0.05, 0.1) is 17.6 Å². The molecule has 76 valence electrons. The van der Waals surface area contributed by atoms with Gasteiger partial charge in [-0.1, -0.05) is 0 Å². The first kappa shape index (κ1) is 10.6. The number of hydrogen-bond acceptors (Lipinski definition) is 5. The molecule has 4 N–H and O–H groups in total. The molecule has 14 heavy (non-hydrogen) atoms. The molecule has 0 aliphatic carbocycles. The Balaban J connectivity index is 2.89. The maximum atomic E-state index is 10.6. The Bertz CT molecular complexity index is 342. The fraction of sp³-hybridized carbons (Fsp3) is 0.375. The van der Waals surface area contributed by atoms with Crippen LogP contribution >= 0.6 is 0 Å². The summed E-state index contributed by atoms with van der Waals surface area (Å²) in [6, 6.07) is 0. The average molecular weight is 197 g/mol. The van der Waals surface area contributed by atoms with E-state index in [0.717, 1.165) is 0 Å². The largest absolute Gasteiger partial charge is 0.383 e. The van der Waals surface area contributed by atoms with Crippen molar-refractivity contribution in [2.24, 2.45) is 5.73 Å². The van der Waals surface area contributed by atoms with E-state index in [4.69, 9.17) is 10.8 Å². The Morgan fingerprint density at radius 2 is 2.14 bits per heavy atom. The minimum absolute atomic E-state index is 0.122. The molecule has 0 aliphatic rings. The zero-order valence-electron chi connectivity index (χ0n) is 7.58. The van der Waals surface area contributed by atoms with E-state index in [1.54, 1.807) is 6.92 Å². The van der Waals surface area contributed by atoms with Gasteiger partial charge in [-0.25, -0.2) is 0 Å². The summed E-state index contributed by atoms with van der Waals surface area (Å²) in [6.07, 6.45) is -0.331. The van der Waals surface area contributed by atoms with Crippen molar-refractivity contribution >= 4 is 5.91 Å². The number of aryl methyl sites for hydroxylation is 1. The van der Waals surface area contributed by atoms with Gasteiger partial charge in [0.15, 0.2) is 6.10 Å². The van der Waals surface area contributed by atoms with Crippen LogP contribution in [0, 0.1) is 6.92 Å². The van der Waals surface area contributed by atoms with Crippen molar-refractivity contribution < 1.29 is 15.0 Å². The molecule has 0 bridgehead atoms. The summed E-state index contributed by atoms with van der Waals surface area (Å²) in [5, 5.41) is 18.6. The molecule has 2 atom stereocenters. The summed E-state index contributed by atoms with van der Waals surface area (Å²) in [4.78, 5) is 18.2. The van der Waals surface area contributed by atoms with E-state index < -0.39 is 18.1 Å². The third-order valence-corrected chi connectivity index (χ3v) is 1.67. The molecule has 1 amide bonds. The number of carbonyl (C=O) groups excluding carboxylic acids is 1. The predicted octanol–water partition coefficient (Wildman–Crippen LogP) is -1.34. The Morgan fingerprint density at radius 1 is 1.50 bits per heavy atom. The maximum Gasteiger partial charge on any atom is 0.249 e. The fourth-order valence-corrected chi connectivity index (χ4v) is 0.943. The first-order valence-electron chi connectivity index (χ1n) is 3.96. The standard InChI is InChI=1S/C8H11N3O3/c1-4-2-10-3-5(11-4)6(12)7(13)8(9)14/h2-3,6-7,12-13H,1H3,(H2,9,14). The van der Waals surface area contributed by atoms with Crippen molar-refractivity contribution in [3.8, 4) is 0 Å². The number of hydrogen-bond donors (Lipinski definition) is 3. The number of aliphatic hydroxyl groups excluding tert-OH is 2. The lowest BCUT2D eigenvalue weighted by Crippen LogP contribution is -2.34. The van der Waals surface area contributed by atoms with Gasteiger partial charge in [0, 0.05) is 6.20 Å². The lowest BCUT2D eigenvalue weighted by atomic mass is 10.1. The van der Waals surface area contributed by atoms with E-state index in [2.05, 4.69) is 9.97 Å². The van der Waals surface area contributed by atoms with Gasteiger partial charge in [0.1, 0.15) is 6.10 Å². The normalized spacial score (nSPS) is 14.8. The second kappa shape index (κ2) is 4.12. The molecule has 2 unspecified atom stereocenters. The Labute approximate surface area is 80.4 Å². The highest BCUT2D eigenvalue weighted by Crippen LogP contribution is 2.13. The SMILES string of the molecule is Cc1cncc(C(O)C(O)C(N)=O)n1. The maximum absolute atomic E-state index is 10.6. The van der Waals surface area contributed by atoms with E-state index >= 15 is 0 Å². The third kappa shape index (κ3) is 2.24. The van der Waals surface area contributed by atoms with Gasteiger partial charge in [-0.3, -0.25) is 14.8 Å². The molecule has 0 saturated carbocycles. The Kier molecular flexibility index (Phi) is 3.10. The first-order valence-corrected chi connectivity index (χ1v) is 3.96. The van der Waals surface area contributed by atoms with Crippen LogP contribution in [0.5, 0.6) is 0 Å². The molecule has 0 fully saturated rings. The first-order chi connectivity index (χ1) is 6.52. The van der Waals surface area contributed by atoms with Gasteiger partial charge in [0.2, 0.25) is 5.91 Å². The quantitative estimate of drug-likeness (QED) is 0.556. The number of rotatable bonds is 3. The van der Waals surface area contributed by atoms with Crippen LogP contribution < -0.4 is 5.73 Å². The Morgan fingerprint density at radius 3 is 2.64 bits per heavy atom. The summed E-state index contributed by atoms with van der Waals surface area (Å²) in [6.45, 7) is 1.68. The summed E-state index contributed by atoms with van der Waals surface area (Å²) >= 11 is 0. The molecule has 6 nitrogen and oxygen atoms in total. The molecule has 0 radical (unpaired) electrons. The van der Waals surface area contributed by atoms with Crippen molar-refractivity contribution in [2.45, 2.75) is 19.1 Å². The number of nitrogens with zero attached hydrogens (tertiary/aromatic N) is 2. The van der Waals surface area contributed by atoms with Crippen LogP contribution in [0.2, 0.25) is 0 Å². The molecule has 0 aliphatic heterocycles. The molecular formula is C8H11N3O3. The second-order valence-electron chi connectivity index (χ2n) is 2.88. The zero-order chi connectivity index (χ0) is 10.7. The summed E-state index contributed by atoms with van der Waals surface area (Å²) in [5.41, 5.74) is 5.52. The highest BCUT2D eigenvalue weighted by molar-refractivity contribution is 5.79. The average Bonchev–Trinajstić information content (AvgIpc) is 2.15. The highest BCUT2D eigenvalue weighted by Gasteiger charge is 2.24. The number of carbonyl (C=O) groups is 1. The molecule has 6 heteroatoms. The summed E-state index contributed by atoms with van der Waals surface area (Å²) < 4.78 is 0. The van der Waals surface area contributed by atoms with Gasteiger partial charge in [0.25, 0.3) is 0 Å². The number of amides is 1. The topological polar surface area (TPSA) is 109 Å². The fourth-order valence-electron chi connectivity index (χ4n) is 0.943.